The predicted octanol–water partition coefficient (Wildman–Crippen LogP) is 1.55. The van der Waals surface area contributed by atoms with Gasteiger partial charge in [0, 0.05) is 30.8 Å². The van der Waals surface area contributed by atoms with Crippen molar-refractivity contribution in [3.8, 4) is 0 Å². The van der Waals surface area contributed by atoms with E-state index in [1.165, 1.54) is 7.11 Å². The van der Waals surface area contributed by atoms with Crippen molar-refractivity contribution in [3.05, 3.63) is 52.9 Å². The third kappa shape index (κ3) is 2.26. The first-order chi connectivity index (χ1) is 10.6. The van der Waals surface area contributed by atoms with Crippen molar-refractivity contribution in [1.82, 2.24) is 4.98 Å². The van der Waals surface area contributed by atoms with E-state index in [0.29, 0.717) is 24.2 Å². The Balaban J connectivity index is 2.18. The smallest absolute Gasteiger partial charge is 0.340 e. The first-order valence-corrected chi connectivity index (χ1v) is 7.05. The number of hydrogen-bond acceptors (Lipinski definition) is 6. The molecule has 114 valence electrons. The largest absolute Gasteiger partial charge is 0.465 e. The van der Waals surface area contributed by atoms with Gasteiger partial charge in [-0.1, -0.05) is 6.07 Å². The van der Waals surface area contributed by atoms with Crippen LogP contribution >= 0.6 is 0 Å². The van der Waals surface area contributed by atoms with Gasteiger partial charge in [-0.25, -0.2) is 4.79 Å². The highest BCUT2D eigenvalue weighted by molar-refractivity contribution is 6.03. The first kappa shape index (κ1) is 14.3. The lowest BCUT2D eigenvalue weighted by atomic mass is 9.77. The second-order valence-corrected chi connectivity index (χ2v) is 5.20. The number of hydrogen-bond donors (Lipinski definition) is 1. The lowest BCUT2D eigenvalue weighted by Crippen LogP contribution is -2.31. The Labute approximate surface area is 127 Å². The third-order valence-corrected chi connectivity index (χ3v) is 3.91. The van der Waals surface area contributed by atoms with Gasteiger partial charge in [-0.3, -0.25) is 9.78 Å². The third-order valence-electron chi connectivity index (χ3n) is 3.91. The summed E-state index contributed by atoms with van der Waals surface area (Å²) in [5.41, 5.74) is 7.30. The number of methoxy groups -OCH3 is 1. The molecule has 1 atom stereocenters. The fraction of sp³-hybridized carbons (Fsp3) is 0.312. The molecule has 0 spiro atoms. The van der Waals surface area contributed by atoms with Crippen LogP contribution in [0.1, 0.15) is 30.7 Å². The van der Waals surface area contributed by atoms with Crippen LogP contribution in [0.4, 0.5) is 0 Å². The quantitative estimate of drug-likeness (QED) is 0.833. The second-order valence-electron chi connectivity index (χ2n) is 5.20. The first-order valence-electron chi connectivity index (χ1n) is 7.05. The number of Topliss-reactive ketones (excluding diaryl/α,β-unsaturated/α-hetero) is 1. The van der Waals surface area contributed by atoms with Crippen LogP contribution in [0.2, 0.25) is 0 Å². The van der Waals surface area contributed by atoms with Crippen LogP contribution in [-0.4, -0.2) is 23.8 Å². The van der Waals surface area contributed by atoms with Gasteiger partial charge in [0.25, 0.3) is 0 Å². The number of carbonyl (C=O) groups excluding carboxylic acids is 2. The summed E-state index contributed by atoms with van der Waals surface area (Å²) in [6.45, 7) is 0. The molecule has 1 aromatic heterocycles. The zero-order chi connectivity index (χ0) is 15.7. The molecule has 3 rings (SSSR count). The average Bonchev–Trinajstić information content (AvgIpc) is 2.54. The van der Waals surface area contributed by atoms with Crippen molar-refractivity contribution in [2.24, 2.45) is 5.73 Å². The summed E-state index contributed by atoms with van der Waals surface area (Å²) in [4.78, 5) is 28.6. The molecule has 0 saturated carbocycles. The maximum absolute atomic E-state index is 12.4. The van der Waals surface area contributed by atoms with Gasteiger partial charge in [-0.15, -0.1) is 0 Å². The molecule has 22 heavy (non-hydrogen) atoms. The standard InChI is InChI=1S/C16H16N2O4/c1-21-16(20)14-12(9-4-3-7-18-8-9)13-10(19)5-2-6-11(13)22-15(14)17/h3-4,7-8,12H,2,5-6,17H2,1H3/t12-/m1/s1. The van der Waals surface area contributed by atoms with Crippen molar-refractivity contribution < 1.29 is 19.1 Å². The molecule has 0 fully saturated rings. The van der Waals surface area contributed by atoms with E-state index in [4.69, 9.17) is 15.2 Å². The summed E-state index contributed by atoms with van der Waals surface area (Å²) < 4.78 is 10.4. The number of esters is 1. The van der Waals surface area contributed by atoms with Gasteiger partial charge in [0.2, 0.25) is 5.88 Å². The number of ketones is 1. The van der Waals surface area contributed by atoms with Gasteiger partial charge in [0.1, 0.15) is 11.3 Å². The molecule has 0 unspecified atom stereocenters. The van der Waals surface area contributed by atoms with E-state index in [-0.39, 0.29) is 17.2 Å². The van der Waals surface area contributed by atoms with Crippen LogP contribution in [0.5, 0.6) is 0 Å². The molecule has 2 aliphatic rings. The fourth-order valence-corrected chi connectivity index (χ4v) is 2.95. The normalized spacial score (nSPS) is 21.3. The molecule has 0 bridgehead atoms. The zero-order valence-corrected chi connectivity index (χ0v) is 12.2. The Kier molecular flexibility index (Phi) is 3.66. The maximum Gasteiger partial charge on any atom is 0.340 e. The molecular weight excluding hydrogens is 284 g/mol. The molecule has 1 aromatic rings. The van der Waals surface area contributed by atoms with Crippen molar-refractivity contribution in [3.63, 3.8) is 0 Å². The van der Waals surface area contributed by atoms with E-state index in [2.05, 4.69) is 4.98 Å². The fourth-order valence-electron chi connectivity index (χ4n) is 2.95. The summed E-state index contributed by atoms with van der Waals surface area (Å²) in [7, 11) is 1.27. The van der Waals surface area contributed by atoms with Gasteiger partial charge in [-0.2, -0.15) is 0 Å². The SMILES string of the molecule is COC(=O)C1=C(N)OC2=C(C(=O)CCC2)[C@H]1c1cccnc1. The van der Waals surface area contributed by atoms with Crippen LogP contribution in [0.25, 0.3) is 0 Å². The lowest BCUT2D eigenvalue weighted by molar-refractivity contribution is -0.136. The lowest BCUT2D eigenvalue weighted by Gasteiger charge is -2.32. The number of nitrogens with zero attached hydrogens (tertiary/aromatic N) is 1. The Morgan fingerprint density at radius 1 is 1.45 bits per heavy atom. The molecule has 0 amide bonds. The van der Waals surface area contributed by atoms with E-state index in [9.17, 15) is 9.59 Å². The molecular formula is C16H16N2O4. The van der Waals surface area contributed by atoms with E-state index < -0.39 is 11.9 Å². The molecule has 1 aliphatic carbocycles. The molecule has 6 heteroatoms. The number of nitrogens with two attached hydrogens (primary N) is 1. The van der Waals surface area contributed by atoms with Gasteiger partial charge < -0.3 is 15.2 Å². The Hall–Kier alpha value is -2.63. The van der Waals surface area contributed by atoms with Crippen LogP contribution < -0.4 is 5.73 Å². The van der Waals surface area contributed by atoms with Crippen molar-refractivity contribution >= 4 is 11.8 Å². The number of rotatable bonds is 2. The predicted molar refractivity (Wildman–Crippen MR) is 77.2 cm³/mol. The molecule has 2 heterocycles. The van der Waals surface area contributed by atoms with E-state index in [0.717, 1.165) is 12.0 Å². The number of carbonyl (C=O) groups is 2. The molecule has 0 saturated heterocycles. The van der Waals surface area contributed by atoms with Crippen LogP contribution in [-0.2, 0) is 19.1 Å². The molecule has 0 aromatic carbocycles. The van der Waals surface area contributed by atoms with Crippen molar-refractivity contribution in [2.45, 2.75) is 25.2 Å². The number of allylic oxidation sites excluding steroid dienone is 2. The highest BCUT2D eigenvalue weighted by Crippen LogP contribution is 2.43. The number of aromatic nitrogens is 1. The Morgan fingerprint density at radius 3 is 2.95 bits per heavy atom. The molecule has 1 aliphatic heterocycles. The van der Waals surface area contributed by atoms with Gasteiger partial charge in [-0.05, 0) is 18.1 Å². The molecule has 0 radical (unpaired) electrons. The van der Waals surface area contributed by atoms with E-state index in [1.54, 1.807) is 18.5 Å². The highest BCUT2D eigenvalue weighted by Gasteiger charge is 2.41. The van der Waals surface area contributed by atoms with Crippen LogP contribution in [0, 0.1) is 0 Å². The van der Waals surface area contributed by atoms with E-state index in [1.807, 2.05) is 6.07 Å². The maximum atomic E-state index is 12.4. The second kappa shape index (κ2) is 5.63. The minimum absolute atomic E-state index is 0.00541. The Bertz CT molecular complexity index is 691. The van der Waals surface area contributed by atoms with Crippen LogP contribution in [0.3, 0.4) is 0 Å². The monoisotopic (exact) mass is 300 g/mol. The van der Waals surface area contributed by atoms with Crippen molar-refractivity contribution in [2.75, 3.05) is 7.11 Å². The zero-order valence-electron chi connectivity index (χ0n) is 12.2. The topological polar surface area (TPSA) is 91.5 Å². The Morgan fingerprint density at radius 2 is 2.27 bits per heavy atom. The van der Waals surface area contributed by atoms with Crippen LogP contribution in [0.15, 0.2) is 47.3 Å². The summed E-state index contributed by atoms with van der Waals surface area (Å²) in [5, 5.41) is 0. The highest BCUT2D eigenvalue weighted by atomic mass is 16.5. The summed E-state index contributed by atoms with van der Waals surface area (Å²) in [5.74, 6) is -0.664. The summed E-state index contributed by atoms with van der Waals surface area (Å²) in [6, 6.07) is 3.56. The van der Waals surface area contributed by atoms with E-state index >= 15 is 0 Å². The minimum atomic E-state index is -0.601. The summed E-state index contributed by atoms with van der Waals surface area (Å²) in [6.07, 6.45) is 5.04. The average molecular weight is 300 g/mol. The summed E-state index contributed by atoms with van der Waals surface area (Å²) >= 11 is 0. The molecule has 2 N–H and O–H groups in total. The van der Waals surface area contributed by atoms with Gasteiger partial charge >= 0.3 is 5.97 Å². The van der Waals surface area contributed by atoms with Gasteiger partial charge in [0.15, 0.2) is 5.78 Å². The minimum Gasteiger partial charge on any atom is -0.465 e. The number of ether oxygens (including phenoxy) is 2. The number of pyridine rings is 1. The van der Waals surface area contributed by atoms with Crippen molar-refractivity contribution in [1.29, 1.82) is 0 Å². The molecule has 6 nitrogen and oxygen atoms in total. The van der Waals surface area contributed by atoms with Gasteiger partial charge in [0.05, 0.1) is 13.0 Å².